The Morgan fingerprint density at radius 3 is 2.33 bits per heavy atom. The van der Waals surface area contributed by atoms with Gasteiger partial charge in [-0.05, 0) is 63.4 Å². The van der Waals surface area contributed by atoms with Crippen molar-refractivity contribution < 1.29 is 14.1 Å². The van der Waals surface area contributed by atoms with Crippen LogP contribution in [0.4, 0.5) is 0 Å². The lowest BCUT2D eigenvalue weighted by Gasteiger charge is -2.32. The molecule has 1 aromatic carbocycles. The van der Waals surface area contributed by atoms with Crippen LogP contribution < -0.4 is 5.32 Å². The second-order valence-corrected chi connectivity index (χ2v) is 7.65. The van der Waals surface area contributed by atoms with Crippen LogP contribution in [0.25, 0.3) is 6.08 Å². The molecule has 0 radical (unpaired) electrons. The highest BCUT2D eigenvalue weighted by Gasteiger charge is 2.52. The Morgan fingerprint density at radius 1 is 1.25 bits per heavy atom. The lowest BCUT2D eigenvalue weighted by Crippen LogP contribution is -2.41. The quantitative estimate of drug-likeness (QED) is 0.841. The molecule has 1 amide bonds. The second kappa shape index (κ2) is 6.91. The number of amides is 1. The number of benzene rings is 1. The first-order valence-electron chi connectivity index (χ1n) is 8.08. The van der Waals surface area contributed by atoms with E-state index in [4.69, 9.17) is 20.9 Å². The van der Waals surface area contributed by atoms with Gasteiger partial charge in [-0.2, -0.15) is 0 Å². The molecule has 1 saturated heterocycles. The van der Waals surface area contributed by atoms with Crippen molar-refractivity contribution in [2.45, 2.75) is 52.7 Å². The van der Waals surface area contributed by atoms with Crippen LogP contribution in [0, 0.1) is 6.92 Å². The Hall–Kier alpha value is -1.30. The van der Waals surface area contributed by atoms with Gasteiger partial charge in [-0.25, -0.2) is 0 Å². The number of rotatable bonds is 4. The van der Waals surface area contributed by atoms with Crippen molar-refractivity contribution in [1.29, 1.82) is 0 Å². The van der Waals surface area contributed by atoms with Crippen molar-refractivity contribution in [3.8, 4) is 0 Å². The number of hydrogen-bond donors (Lipinski definition) is 1. The minimum absolute atomic E-state index is 0.0924. The fourth-order valence-electron chi connectivity index (χ4n) is 2.42. The molecule has 0 aliphatic carbocycles. The van der Waals surface area contributed by atoms with E-state index in [0.29, 0.717) is 11.6 Å². The number of hydrogen-bond acceptors (Lipinski definition) is 3. The summed E-state index contributed by atoms with van der Waals surface area (Å²) in [4.78, 5) is 11.3. The van der Waals surface area contributed by atoms with Gasteiger partial charge in [0.05, 0.1) is 11.2 Å². The minimum atomic E-state index is -0.503. The maximum absolute atomic E-state index is 11.3. The van der Waals surface area contributed by atoms with E-state index in [9.17, 15) is 4.79 Å². The molecule has 130 valence electrons. The SMILES string of the molecule is CC(=O)NCC(=Cc1ccc(Cl)cc1C)B1OC(C)(C)C(C)(C)O1. The van der Waals surface area contributed by atoms with E-state index in [1.807, 2.05) is 58.9 Å². The largest absolute Gasteiger partial charge is 0.492 e. The van der Waals surface area contributed by atoms with E-state index < -0.39 is 18.3 Å². The second-order valence-electron chi connectivity index (χ2n) is 7.22. The molecule has 0 spiro atoms. The van der Waals surface area contributed by atoms with E-state index in [2.05, 4.69) is 5.32 Å². The molecule has 0 bridgehead atoms. The molecule has 4 nitrogen and oxygen atoms in total. The first-order valence-corrected chi connectivity index (χ1v) is 8.46. The fourth-order valence-corrected chi connectivity index (χ4v) is 2.65. The van der Waals surface area contributed by atoms with Crippen LogP contribution in [0.3, 0.4) is 0 Å². The Balaban J connectivity index is 2.35. The molecule has 2 rings (SSSR count). The minimum Gasteiger partial charge on any atom is -0.400 e. The zero-order valence-electron chi connectivity index (χ0n) is 15.2. The lowest BCUT2D eigenvalue weighted by atomic mass is 9.76. The Kier molecular flexibility index (Phi) is 5.48. The number of carbonyl (C=O) groups excluding carboxylic acids is 1. The van der Waals surface area contributed by atoms with Gasteiger partial charge in [-0.1, -0.05) is 23.7 Å². The van der Waals surface area contributed by atoms with Gasteiger partial charge in [-0.15, -0.1) is 0 Å². The van der Waals surface area contributed by atoms with Crippen molar-refractivity contribution in [3.05, 3.63) is 39.8 Å². The molecule has 1 fully saturated rings. The van der Waals surface area contributed by atoms with Crippen LogP contribution in [0.2, 0.25) is 5.02 Å². The number of nitrogens with one attached hydrogen (secondary N) is 1. The van der Waals surface area contributed by atoms with Crippen molar-refractivity contribution >= 4 is 30.7 Å². The van der Waals surface area contributed by atoms with Crippen molar-refractivity contribution in [2.24, 2.45) is 0 Å². The lowest BCUT2D eigenvalue weighted by molar-refractivity contribution is -0.118. The van der Waals surface area contributed by atoms with Gasteiger partial charge < -0.3 is 14.6 Å². The number of aryl methyl sites for hydroxylation is 1. The third-order valence-corrected chi connectivity index (χ3v) is 4.91. The Morgan fingerprint density at radius 2 is 1.83 bits per heavy atom. The number of halogens is 1. The van der Waals surface area contributed by atoms with Gasteiger partial charge in [0.15, 0.2) is 0 Å². The average molecular weight is 350 g/mol. The monoisotopic (exact) mass is 349 g/mol. The fraction of sp³-hybridized carbons (Fsp3) is 0.500. The molecular formula is C18H25BClNO3. The topological polar surface area (TPSA) is 47.6 Å². The molecule has 0 aromatic heterocycles. The van der Waals surface area contributed by atoms with Crippen LogP contribution in [0.1, 0.15) is 45.7 Å². The highest BCUT2D eigenvalue weighted by atomic mass is 35.5. The van der Waals surface area contributed by atoms with E-state index in [1.165, 1.54) is 6.92 Å². The van der Waals surface area contributed by atoms with Gasteiger partial charge in [0.25, 0.3) is 0 Å². The van der Waals surface area contributed by atoms with E-state index in [-0.39, 0.29) is 5.91 Å². The molecule has 6 heteroatoms. The predicted octanol–water partition coefficient (Wildman–Crippen LogP) is 3.80. The predicted molar refractivity (Wildman–Crippen MR) is 98.9 cm³/mol. The summed E-state index contributed by atoms with van der Waals surface area (Å²) in [7, 11) is -0.503. The van der Waals surface area contributed by atoms with Crippen LogP contribution >= 0.6 is 11.6 Å². The summed E-state index contributed by atoms with van der Waals surface area (Å²) in [6, 6.07) is 5.71. The highest BCUT2D eigenvalue weighted by molar-refractivity contribution is 6.56. The molecular weight excluding hydrogens is 324 g/mol. The average Bonchev–Trinajstić information content (AvgIpc) is 2.65. The summed E-state index contributed by atoms with van der Waals surface area (Å²) in [5, 5.41) is 3.53. The van der Waals surface area contributed by atoms with Gasteiger partial charge >= 0.3 is 7.12 Å². The standard InChI is InChI=1S/C18H25BClNO3/c1-12-9-16(20)8-7-14(12)10-15(11-21-13(2)22)19-23-17(3,4)18(5,6)24-19/h7-10H,11H2,1-6H3,(H,21,22). The van der Waals surface area contributed by atoms with Crippen LogP contribution in [0.15, 0.2) is 23.7 Å². The Bertz CT molecular complexity index is 654. The molecule has 0 saturated carbocycles. The van der Waals surface area contributed by atoms with Crippen LogP contribution in [-0.4, -0.2) is 30.8 Å². The maximum atomic E-state index is 11.3. The summed E-state index contributed by atoms with van der Waals surface area (Å²) in [6.45, 7) is 11.9. The first kappa shape index (κ1) is 19.0. The zero-order chi connectivity index (χ0) is 18.1. The summed E-state index contributed by atoms with van der Waals surface area (Å²) in [6.07, 6.45) is 2.00. The van der Waals surface area contributed by atoms with E-state index >= 15 is 0 Å². The van der Waals surface area contributed by atoms with E-state index in [1.54, 1.807) is 0 Å². The van der Waals surface area contributed by atoms with Gasteiger partial charge in [0.1, 0.15) is 0 Å². The molecule has 0 unspecified atom stereocenters. The van der Waals surface area contributed by atoms with Crippen molar-refractivity contribution in [1.82, 2.24) is 5.32 Å². The van der Waals surface area contributed by atoms with Gasteiger partial charge in [0.2, 0.25) is 5.91 Å². The molecule has 1 aromatic rings. The molecule has 1 heterocycles. The van der Waals surface area contributed by atoms with Crippen LogP contribution in [-0.2, 0) is 14.1 Å². The third kappa shape index (κ3) is 4.21. The summed E-state index contributed by atoms with van der Waals surface area (Å²) >= 11 is 6.03. The number of carbonyl (C=O) groups is 1. The third-order valence-electron chi connectivity index (χ3n) is 4.67. The molecule has 1 aliphatic rings. The molecule has 1 aliphatic heterocycles. The first-order chi connectivity index (χ1) is 11.0. The maximum Gasteiger partial charge on any atom is 0.492 e. The zero-order valence-corrected chi connectivity index (χ0v) is 16.0. The highest BCUT2D eigenvalue weighted by Crippen LogP contribution is 2.38. The summed E-state index contributed by atoms with van der Waals surface area (Å²) in [5.74, 6) is -0.0924. The van der Waals surface area contributed by atoms with Crippen molar-refractivity contribution in [3.63, 3.8) is 0 Å². The van der Waals surface area contributed by atoms with Crippen molar-refractivity contribution in [2.75, 3.05) is 6.54 Å². The Labute approximate surface area is 149 Å². The molecule has 1 N–H and O–H groups in total. The summed E-state index contributed by atoms with van der Waals surface area (Å²) < 4.78 is 12.3. The molecule has 24 heavy (non-hydrogen) atoms. The normalized spacial score (nSPS) is 19.5. The smallest absolute Gasteiger partial charge is 0.400 e. The summed E-state index contributed by atoms with van der Waals surface area (Å²) in [5.41, 5.74) is 2.09. The van der Waals surface area contributed by atoms with E-state index in [0.717, 1.165) is 16.6 Å². The van der Waals surface area contributed by atoms with Gasteiger partial charge in [0, 0.05) is 18.5 Å². The van der Waals surface area contributed by atoms with Gasteiger partial charge in [-0.3, -0.25) is 4.79 Å². The molecule has 0 atom stereocenters. The van der Waals surface area contributed by atoms with Crippen LogP contribution in [0.5, 0.6) is 0 Å².